The van der Waals surface area contributed by atoms with Crippen molar-refractivity contribution in [3.05, 3.63) is 28.8 Å². The predicted molar refractivity (Wildman–Crippen MR) is 55.3 cm³/mol. The van der Waals surface area contributed by atoms with E-state index >= 15 is 0 Å². The maximum atomic E-state index is 5.41. The van der Waals surface area contributed by atoms with Gasteiger partial charge >= 0.3 is 0 Å². The van der Waals surface area contributed by atoms with Gasteiger partial charge in [0.2, 0.25) is 0 Å². The van der Waals surface area contributed by atoms with Crippen molar-refractivity contribution in [3.8, 4) is 5.75 Å². The van der Waals surface area contributed by atoms with Crippen LogP contribution < -0.4 is 10.2 Å². The number of hydrogen-bond donors (Lipinski definition) is 1. The summed E-state index contributed by atoms with van der Waals surface area (Å²) in [6.45, 7) is 1.98. The van der Waals surface area contributed by atoms with Gasteiger partial charge in [0, 0.05) is 5.56 Å². The number of methoxy groups -OCH3 is 1. The molecule has 0 aliphatic carbocycles. The molecule has 0 unspecified atom stereocenters. The van der Waals surface area contributed by atoms with Gasteiger partial charge in [-0.3, -0.25) is 0 Å². The second-order valence-corrected chi connectivity index (χ2v) is 3.40. The standard InChI is InChI=1S/C11H15NO3/c1-13-11-4-3-8-6-15-7-10(8)9(11)5-12-14-2/h3-4,12H,5-7H2,1-2H3. The van der Waals surface area contributed by atoms with E-state index in [4.69, 9.17) is 14.3 Å². The summed E-state index contributed by atoms with van der Waals surface area (Å²) in [5.74, 6) is 0.879. The van der Waals surface area contributed by atoms with Crippen LogP contribution in [0.25, 0.3) is 0 Å². The summed E-state index contributed by atoms with van der Waals surface area (Å²) in [6, 6.07) is 4.03. The lowest BCUT2D eigenvalue weighted by Crippen LogP contribution is -2.13. The Hall–Kier alpha value is -1.10. The topological polar surface area (TPSA) is 39.7 Å². The molecule has 0 spiro atoms. The molecular weight excluding hydrogens is 194 g/mol. The molecule has 82 valence electrons. The molecule has 0 amide bonds. The molecule has 1 aliphatic heterocycles. The first-order valence-electron chi connectivity index (χ1n) is 4.88. The van der Waals surface area contributed by atoms with Gasteiger partial charge in [0.15, 0.2) is 0 Å². The Balaban J connectivity index is 2.34. The second kappa shape index (κ2) is 4.61. The molecule has 1 aliphatic rings. The average Bonchev–Trinajstić information content (AvgIpc) is 2.73. The van der Waals surface area contributed by atoms with E-state index in [0.717, 1.165) is 11.3 Å². The van der Waals surface area contributed by atoms with Crippen molar-refractivity contribution in [2.75, 3.05) is 14.2 Å². The third-order valence-electron chi connectivity index (χ3n) is 2.60. The van der Waals surface area contributed by atoms with E-state index in [9.17, 15) is 0 Å². The summed E-state index contributed by atoms with van der Waals surface area (Å²) >= 11 is 0. The SMILES string of the molecule is CONCc1c(OC)ccc2c1COC2. The molecule has 15 heavy (non-hydrogen) atoms. The van der Waals surface area contributed by atoms with Gasteiger partial charge in [0.1, 0.15) is 5.75 Å². The summed E-state index contributed by atoms with van der Waals surface area (Å²) in [5.41, 5.74) is 6.41. The fourth-order valence-electron chi connectivity index (χ4n) is 1.83. The third kappa shape index (κ3) is 1.97. The van der Waals surface area contributed by atoms with E-state index < -0.39 is 0 Å². The van der Waals surface area contributed by atoms with Gasteiger partial charge in [-0.2, -0.15) is 5.48 Å². The molecule has 1 heterocycles. The monoisotopic (exact) mass is 209 g/mol. The van der Waals surface area contributed by atoms with Crippen LogP contribution in [0.3, 0.4) is 0 Å². The largest absolute Gasteiger partial charge is 0.496 e. The molecule has 2 rings (SSSR count). The van der Waals surface area contributed by atoms with Crippen molar-refractivity contribution >= 4 is 0 Å². The smallest absolute Gasteiger partial charge is 0.123 e. The van der Waals surface area contributed by atoms with E-state index in [-0.39, 0.29) is 0 Å². The highest BCUT2D eigenvalue weighted by atomic mass is 16.6. The van der Waals surface area contributed by atoms with Crippen molar-refractivity contribution in [3.63, 3.8) is 0 Å². The Morgan fingerprint density at radius 3 is 2.93 bits per heavy atom. The molecular formula is C11H15NO3. The Kier molecular flexibility index (Phi) is 3.20. The Morgan fingerprint density at radius 1 is 1.33 bits per heavy atom. The number of hydroxylamine groups is 1. The van der Waals surface area contributed by atoms with Gasteiger partial charge in [-0.25, -0.2) is 0 Å². The average molecular weight is 209 g/mol. The van der Waals surface area contributed by atoms with Gasteiger partial charge in [-0.1, -0.05) is 6.07 Å². The van der Waals surface area contributed by atoms with Crippen molar-refractivity contribution in [2.24, 2.45) is 0 Å². The Morgan fingerprint density at radius 2 is 2.20 bits per heavy atom. The maximum Gasteiger partial charge on any atom is 0.123 e. The third-order valence-corrected chi connectivity index (χ3v) is 2.60. The first-order valence-corrected chi connectivity index (χ1v) is 4.88. The minimum atomic E-state index is 0.631. The van der Waals surface area contributed by atoms with Gasteiger partial charge < -0.3 is 14.3 Å². The maximum absolute atomic E-state index is 5.41. The van der Waals surface area contributed by atoms with Gasteiger partial charge in [0.05, 0.1) is 34.0 Å². The summed E-state index contributed by atoms with van der Waals surface area (Å²) in [7, 11) is 3.28. The zero-order valence-corrected chi connectivity index (χ0v) is 9.00. The predicted octanol–water partition coefficient (Wildman–Crippen LogP) is 1.38. The van der Waals surface area contributed by atoms with Crippen LogP contribution in [0.2, 0.25) is 0 Å². The number of benzene rings is 1. The molecule has 4 heteroatoms. The molecule has 4 nitrogen and oxygen atoms in total. The number of rotatable bonds is 4. The van der Waals surface area contributed by atoms with Crippen LogP contribution in [0.15, 0.2) is 12.1 Å². The molecule has 0 atom stereocenters. The van der Waals surface area contributed by atoms with Crippen LogP contribution in [-0.4, -0.2) is 14.2 Å². The number of hydrogen-bond acceptors (Lipinski definition) is 4. The van der Waals surface area contributed by atoms with E-state index in [1.807, 2.05) is 6.07 Å². The van der Waals surface area contributed by atoms with Crippen molar-refractivity contribution < 1.29 is 14.3 Å². The highest BCUT2D eigenvalue weighted by Crippen LogP contribution is 2.30. The van der Waals surface area contributed by atoms with E-state index in [1.165, 1.54) is 11.1 Å². The number of nitrogens with one attached hydrogen (secondary N) is 1. The summed E-state index contributed by atoms with van der Waals surface area (Å²) < 4.78 is 10.7. The zero-order chi connectivity index (χ0) is 10.7. The van der Waals surface area contributed by atoms with Crippen molar-refractivity contribution in [1.29, 1.82) is 0 Å². The fourth-order valence-corrected chi connectivity index (χ4v) is 1.83. The van der Waals surface area contributed by atoms with Crippen LogP contribution in [-0.2, 0) is 29.3 Å². The first-order chi connectivity index (χ1) is 7.36. The lowest BCUT2D eigenvalue weighted by Gasteiger charge is -2.12. The number of fused-ring (bicyclic) bond motifs is 1. The van der Waals surface area contributed by atoms with Crippen molar-refractivity contribution in [1.82, 2.24) is 5.48 Å². The Labute approximate surface area is 89.1 Å². The van der Waals surface area contributed by atoms with Gasteiger partial charge in [0.25, 0.3) is 0 Å². The van der Waals surface area contributed by atoms with Crippen LogP contribution in [0.4, 0.5) is 0 Å². The summed E-state index contributed by atoms with van der Waals surface area (Å²) in [4.78, 5) is 4.86. The quantitative estimate of drug-likeness (QED) is 0.760. The highest BCUT2D eigenvalue weighted by molar-refractivity contribution is 5.45. The molecule has 0 saturated carbocycles. The fraction of sp³-hybridized carbons (Fsp3) is 0.455. The van der Waals surface area contributed by atoms with E-state index in [1.54, 1.807) is 14.2 Å². The van der Waals surface area contributed by atoms with Gasteiger partial charge in [-0.05, 0) is 17.2 Å². The van der Waals surface area contributed by atoms with Crippen LogP contribution in [0, 0.1) is 0 Å². The summed E-state index contributed by atoms with van der Waals surface area (Å²) in [6.07, 6.45) is 0. The highest BCUT2D eigenvalue weighted by Gasteiger charge is 2.18. The minimum absolute atomic E-state index is 0.631. The molecule has 0 radical (unpaired) electrons. The van der Waals surface area contributed by atoms with Crippen LogP contribution in [0.1, 0.15) is 16.7 Å². The van der Waals surface area contributed by atoms with Crippen LogP contribution >= 0.6 is 0 Å². The van der Waals surface area contributed by atoms with Gasteiger partial charge in [-0.15, -0.1) is 0 Å². The minimum Gasteiger partial charge on any atom is -0.496 e. The molecule has 0 saturated heterocycles. The molecule has 0 fully saturated rings. The zero-order valence-electron chi connectivity index (χ0n) is 9.00. The number of ether oxygens (including phenoxy) is 2. The van der Waals surface area contributed by atoms with E-state index in [2.05, 4.69) is 11.5 Å². The normalized spacial score (nSPS) is 14.0. The van der Waals surface area contributed by atoms with E-state index in [0.29, 0.717) is 19.8 Å². The molecule has 1 N–H and O–H groups in total. The molecule has 1 aromatic carbocycles. The molecule has 0 aromatic heterocycles. The second-order valence-electron chi connectivity index (χ2n) is 3.40. The Bertz CT molecular complexity index is 352. The first kappa shape index (κ1) is 10.4. The lowest BCUT2D eigenvalue weighted by atomic mass is 10.0. The van der Waals surface area contributed by atoms with Crippen LogP contribution in [0.5, 0.6) is 5.75 Å². The lowest BCUT2D eigenvalue weighted by molar-refractivity contribution is 0.0853. The molecule has 0 bridgehead atoms. The molecule has 1 aromatic rings. The van der Waals surface area contributed by atoms with Crippen molar-refractivity contribution in [2.45, 2.75) is 19.8 Å². The summed E-state index contributed by atoms with van der Waals surface area (Å²) in [5, 5.41) is 0.